The van der Waals surface area contributed by atoms with Gasteiger partial charge in [-0.3, -0.25) is 0 Å². The van der Waals surface area contributed by atoms with E-state index in [1.165, 1.54) is 11.1 Å². The molecule has 1 fully saturated rings. The fraction of sp³-hybridized carbons (Fsp3) is 0.471. The van der Waals surface area contributed by atoms with Crippen LogP contribution in [0.3, 0.4) is 0 Å². The van der Waals surface area contributed by atoms with Gasteiger partial charge in [0.05, 0.1) is 6.20 Å². The maximum atomic E-state index is 4.63. The van der Waals surface area contributed by atoms with E-state index in [1.807, 2.05) is 0 Å². The topological polar surface area (TPSA) is 57.2 Å². The average molecular weight is 312 g/mol. The van der Waals surface area contributed by atoms with Crippen LogP contribution in [0.2, 0.25) is 0 Å². The Morgan fingerprint density at radius 3 is 2.61 bits per heavy atom. The van der Waals surface area contributed by atoms with E-state index in [9.17, 15) is 0 Å². The zero-order valence-electron chi connectivity index (χ0n) is 14.1. The first-order valence-corrected chi connectivity index (χ1v) is 8.17. The van der Waals surface area contributed by atoms with Gasteiger partial charge in [0.25, 0.3) is 0 Å². The van der Waals surface area contributed by atoms with Crippen molar-refractivity contribution in [3.8, 4) is 0 Å². The minimum Gasteiger partial charge on any atom is -0.339 e. The smallest absolute Gasteiger partial charge is 0.247 e. The fourth-order valence-electron chi connectivity index (χ4n) is 2.84. The van der Waals surface area contributed by atoms with Crippen LogP contribution in [0.5, 0.6) is 0 Å². The van der Waals surface area contributed by atoms with E-state index in [4.69, 9.17) is 0 Å². The normalized spacial score (nSPS) is 15.7. The van der Waals surface area contributed by atoms with E-state index in [1.54, 1.807) is 6.20 Å². The lowest BCUT2D eigenvalue weighted by Crippen LogP contribution is -2.46. The molecular weight excluding hydrogens is 288 g/mol. The third-order valence-electron chi connectivity index (χ3n) is 4.29. The molecule has 0 saturated carbocycles. The molecular formula is C17H24N6. The number of hydrogen-bond acceptors (Lipinski definition) is 6. The number of hydrogen-bond donors (Lipinski definition) is 1. The molecule has 2 aromatic rings. The number of anilines is 3. The molecule has 1 aromatic heterocycles. The molecule has 1 aromatic carbocycles. The van der Waals surface area contributed by atoms with E-state index in [0.29, 0.717) is 5.95 Å². The van der Waals surface area contributed by atoms with Crippen molar-refractivity contribution in [3.05, 3.63) is 35.5 Å². The number of benzene rings is 1. The summed E-state index contributed by atoms with van der Waals surface area (Å²) in [6, 6.07) is 6.32. The molecule has 23 heavy (non-hydrogen) atoms. The van der Waals surface area contributed by atoms with Gasteiger partial charge in [0, 0.05) is 31.9 Å². The average Bonchev–Trinajstić information content (AvgIpc) is 2.58. The van der Waals surface area contributed by atoms with Crippen LogP contribution in [0.25, 0.3) is 0 Å². The first-order chi connectivity index (χ1) is 11.2. The van der Waals surface area contributed by atoms with Crippen molar-refractivity contribution in [1.82, 2.24) is 20.1 Å². The molecule has 0 unspecified atom stereocenters. The number of aryl methyl sites for hydroxylation is 2. The van der Waals surface area contributed by atoms with Gasteiger partial charge in [0.1, 0.15) is 0 Å². The summed E-state index contributed by atoms with van der Waals surface area (Å²) in [6.45, 7) is 11.5. The highest BCUT2D eigenvalue weighted by molar-refractivity contribution is 5.61. The highest BCUT2D eigenvalue weighted by Gasteiger charge is 2.18. The van der Waals surface area contributed by atoms with Crippen LogP contribution >= 0.6 is 0 Å². The molecule has 0 amide bonds. The molecule has 0 spiro atoms. The molecule has 1 saturated heterocycles. The maximum Gasteiger partial charge on any atom is 0.247 e. The third-order valence-corrected chi connectivity index (χ3v) is 4.29. The predicted octanol–water partition coefficient (Wildman–Crippen LogP) is 2.37. The van der Waals surface area contributed by atoms with E-state index in [2.05, 4.69) is 69.3 Å². The highest BCUT2D eigenvalue weighted by atomic mass is 15.4. The standard InChI is InChI=1S/C17H24N6/c1-4-22-7-9-23(10-8-22)17-20-16(12-18-21-17)19-15-6-5-13(2)11-14(15)3/h5-6,11-12H,4,7-10H2,1-3H3,(H,19,20,21). The van der Waals surface area contributed by atoms with Crippen LogP contribution in [0.4, 0.5) is 17.5 Å². The number of likely N-dealkylation sites (N-methyl/N-ethyl adjacent to an activating group) is 1. The summed E-state index contributed by atoms with van der Waals surface area (Å²) in [6.07, 6.45) is 1.67. The molecule has 3 rings (SSSR count). The van der Waals surface area contributed by atoms with Gasteiger partial charge in [-0.1, -0.05) is 24.6 Å². The van der Waals surface area contributed by atoms with Crippen molar-refractivity contribution in [2.75, 3.05) is 42.9 Å². The van der Waals surface area contributed by atoms with Gasteiger partial charge < -0.3 is 15.1 Å². The van der Waals surface area contributed by atoms with Crippen LogP contribution in [0.15, 0.2) is 24.4 Å². The van der Waals surface area contributed by atoms with Crippen LogP contribution < -0.4 is 10.2 Å². The Morgan fingerprint density at radius 2 is 1.91 bits per heavy atom. The van der Waals surface area contributed by atoms with Crippen LogP contribution in [-0.4, -0.2) is 52.8 Å². The monoisotopic (exact) mass is 312 g/mol. The van der Waals surface area contributed by atoms with E-state index in [-0.39, 0.29) is 0 Å². The molecule has 6 heteroatoms. The van der Waals surface area contributed by atoms with E-state index >= 15 is 0 Å². The Bertz CT molecular complexity index is 664. The van der Waals surface area contributed by atoms with Crippen LogP contribution in [0, 0.1) is 13.8 Å². The first kappa shape index (κ1) is 15.7. The molecule has 2 heterocycles. The fourth-order valence-corrected chi connectivity index (χ4v) is 2.84. The molecule has 1 N–H and O–H groups in total. The Morgan fingerprint density at radius 1 is 1.13 bits per heavy atom. The van der Waals surface area contributed by atoms with Crippen molar-refractivity contribution in [2.24, 2.45) is 0 Å². The second kappa shape index (κ2) is 6.91. The Hall–Kier alpha value is -2.21. The van der Waals surface area contributed by atoms with Gasteiger partial charge >= 0.3 is 0 Å². The van der Waals surface area contributed by atoms with Crippen molar-refractivity contribution < 1.29 is 0 Å². The molecule has 0 atom stereocenters. The quantitative estimate of drug-likeness (QED) is 0.935. The van der Waals surface area contributed by atoms with Crippen molar-refractivity contribution in [2.45, 2.75) is 20.8 Å². The summed E-state index contributed by atoms with van der Waals surface area (Å²) in [4.78, 5) is 9.26. The summed E-state index contributed by atoms with van der Waals surface area (Å²) < 4.78 is 0. The van der Waals surface area contributed by atoms with Gasteiger partial charge in [0.15, 0.2) is 5.82 Å². The van der Waals surface area contributed by atoms with Gasteiger partial charge in [-0.25, -0.2) is 0 Å². The lowest BCUT2D eigenvalue weighted by Gasteiger charge is -2.33. The van der Waals surface area contributed by atoms with Crippen molar-refractivity contribution >= 4 is 17.5 Å². The number of rotatable bonds is 4. The summed E-state index contributed by atoms with van der Waals surface area (Å²) in [5, 5.41) is 11.7. The zero-order chi connectivity index (χ0) is 16.2. The molecule has 0 bridgehead atoms. The largest absolute Gasteiger partial charge is 0.339 e. The lowest BCUT2D eigenvalue weighted by molar-refractivity contribution is 0.269. The molecule has 1 aliphatic rings. The number of aromatic nitrogens is 3. The lowest BCUT2D eigenvalue weighted by atomic mass is 10.1. The molecule has 122 valence electrons. The van der Waals surface area contributed by atoms with Crippen LogP contribution in [0.1, 0.15) is 18.1 Å². The Kier molecular flexibility index (Phi) is 4.71. The maximum absolute atomic E-state index is 4.63. The van der Waals surface area contributed by atoms with E-state index in [0.717, 1.165) is 44.2 Å². The zero-order valence-corrected chi connectivity index (χ0v) is 14.1. The second-order valence-electron chi connectivity index (χ2n) is 6.01. The van der Waals surface area contributed by atoms with Gasteiger partial charge in [-0.2, -0.15) is 10.1 Å². The summed E-state index contributed by atoms with van der Waals surface area (Å²) >= 11 is 0. The summed E-state index contributed by atoms with van der Waals surface area (Å²) in [7, 11) is 0. The van der Waals surface area contributed by atoms with Crippen molar-refractivity contribution in [1.29, 1.82) is 0 Å². The molecule has 0 aliphatic carbocycles. The number of nitrogens with zero attached hydrogens (tertiary/aromatic N) is 5. The SMILES string of the molecule is CCN1CCN(c2nncc(Nc3ccc(C)cc3C)n2)CC1. The Balaban J connectivity index is 1.72. The predicted molar refractivity (Wildman–Crippen MR) is 93.4 cm³/mol. The van der Waals surface area contributed by atoms with Gasteiger partial charge in [-0.05, 0) is 32.0 Å². The molecule has 1 aliphatic heterocycles. The van der Waals surface area contributed by atoms with Crippen molar-refractivity contribution in [3.63, 3.8) is 0 Å². The minimum absolute atomic E-state index is 0.704. The molecule has 6 nitrogen and oxygen atoms in total. The molecule has 0 radical (unpaired) electrons. The van der Waals surface area contributed by atoms with Gasteiger partial charge in [-0.15, -0.1) is 5.10 Å². The highest BCUT2D eigenvalue weighted by Crippen LogP contribution is 2.21. The minimum atomic E-state index is 0.704. The summed E-state index contributed by atoms with van der Waals surface area (Å²) in [5.74, 6) is 1.44. The van der Waals surface area contributed by atoms with Gasteiger partial charge in [0.2, 0.25) is 5.95 Å². The summed E-state index contributed by atoms with van der Waals surface area (Å²) in [5.41, 5.74) is 3.50. The number of nitrogens with one attached hydrogen (secondary N) is 1. The third kappa shape index (κ3) is 3.76. The van der Waals surface area contributed by atoms with E-state index < -0.39 is 0 Å². The first-order valence-electron chi connectivity index (χ1n) is 8.17. The second-order valence-corrected chi connectivity index (χ2v) is 6.01. The van der Waals surface area contributed by atoms with Crippen LogP contribution in [-0.2, 0) is 0 Å². The number of piperazine rings is 1. The Labute approximate surface area is 137 Å².